The number of amides is 4. The van der Waals surface area contributed by atoms with E-state index in [1.807, 2.05) is 31.2 Å². The lowest BCUT2D eigenvalue weighted by molar-refractivity contribution is -0.136. The summed E-state index contributed by atoms with van der Waals surface area (Å²) in [4.78, 5) is 50.5. The first-order valence-electron chi connectivity index (χ1n) is 9.78. The smallest absolute Gasteiger partial charge is 0.257 e. The number of fused-ring (bicyclic) bond motifs is 1. The highest BCUT2D eigenvalue weighted by Gasteiger charge is 2.39. The number of rotatable bonds is 3. The summed E-state index contributed by atoms with van der Waals surface area (Å²) in [6.07, 6.45) is 0.478. The van der Waals surface area contributed by atoms with Gasteiger partial charge in [0.15, 0.2) is 5.11 Å². The normalized spacial score (nSPS) is 17.8. The van der Waals surface area contributed by atoms with Crippen LogP contribution >= 0.6 is 12.2 Å². The Bertz CT molecular complexity index is 1110. The number of carbonyl (C=O) groups is 4. The van der Waals surface area contributed by atoms with E-state index in [1.54, 1.807) is 12.1 Å². The van der Waals surface area contributed by atoms with Crippen LogP contribution in [0, 0.1) is 6.92 Å². The van der Waals surface area contributed by atoms with Crippen LogP contribution in [-0.2, 0) is 16.1 Å². The fourth-order valence-electron chi connectivity index (χ4n) is 3.67. The van der Waals surface area contributed by atoms with Crippen molar-refractivity contribution in [2.75, 3.05) is 5.32 Å². The third-order valence-corrected chi connectivity index (χ3v) is 5.53. The Morgan fingerprint density at radius 2 is 1.87 bits per heavy atom. The van der Waals surface area contributed by atoms with Crippen LogP contribution in [0.2, 0.25) is 0 Å². The summed E-state index contributed by atoms with van der Waals surface area (Å²) in [5.74, 6) is -1.58. The molecule has 1 saturated heterocycles. The molecule has 2 aliphatic rings. The van der Waals surface area contributed by atoms with Gasteiger partial charge in [-0.15, -0.1) is 0 Å². The van der Waals surface area contributed by atoms with Crippen molar-refractivity contribution in [2.45, 2.75) is 32.4 Å². The molecular weight excluding hydrogens is 416 g/mol. The molecule has 2 aliphatic heterocycles. The van der Waals surface area contributed by atoms with Gasteiger partial charge < -0.3 is 10.2 Å². The van der Waals surface area contributed by atoms with E-state index in [0.717, 1.165) is 16.8 Å². The first-order valence-corrected chi connectivity index (χ1v) is 10.2. The minimum Gasteiger partial charge on any atom is -0.332 e. The van der Waals surface area contributed by atoms with Gasteiger partial charge in [-0.25, -0.2) is 0 Å². The number of thiocarbonyl (C=S) groups is 1. The molecule has 1 fully saturated rings. The van der Waals surface area contributed by atoms with Crippen molar-refractivity contribution in [3.8, 4) is 0 Å². The Labute approximate surface area is 184 Å². The van der Waals surface area contributed by atoms with Crippen molar-refractivity contribution < 1.29 is 19.2 Å². The van der Waals surface area contributed by atoms with E-state index < -0.39 is 17.9 Å². The van der Waals surface area contributed by atoms with Gasteiger partial charge in [0, 0.05) is 29.8 Å². The average Bonchev–Trinajstić information content (AvgIpc) is 3.05. The van der Waals surface area contributed by atoms with Crippen LogP contribution in [0.1, 0.15) is 44.7 Å². The molecule has 2 aromatic carbocycles. The molecule has 1 atom stereocenters. The standard InChI is InChI=1S/C22H20N4O4S/c1-12-2-6-15(7-3-12)23-22(31)25-19(28)13-4-5-14-11-26(21(30)16(14)10-13)17-8-9-18(27)24-20(17)29/h2-7,10,17H,8-9,11H2,1H3,(H,24,27,29)(H2,23,25,28,31). The Hall–Kier alpha value is -3.59. The Morgan fingerprint density at radius 1 is 1.13 bits per heavy atom. The third kappa shape index (κ3) is 4.31. The first-order chi connectivity index (χ1) is 14.8. The number of piperidine rings is 1. The summed E-state index contributed by atoms with van der Waals surface area (Å²) in [5, 5.41) is 7.96. The lowest BCUT2D eigenvalue weighted by Crippen LogP contribution is -2.52. The fourth-order valence-corrected chi connectivity index (χ4v) is 3.88. The van der Waals surface area contributed by atoms with Crippen LogP contribution in [0.15, 0.2) is 42.5 Å². The topological polar surface area (TPSA) is 108 Å². The molecule has 31 heavy (non-hydrogen) atoms. The van der Waals surface area contributed by atoms with E-state index in [-0.39, 0.29) is 41.9 Å². The van der Waals surface area contributed by atoms with Crippen molar-refractivity contribution >= 4 is 46.6 Å². The van der Waals surface area contributed by atoms with E-state index >= 15 is 0 Å². The molecule has 0 aromatic heterocycles. The van der Waals surface area contributed by atoms with Gasteiger partial charge >= 0.3 is 0 Å². The molecular formula is C22H20N4O4S. The van der Waals surface area contributed by atoms with Crippen molar-refractivity contribution in [1.29, 1.82) is 0 Å². The molecule has 9 heteroatoms. The first kappa shape index (κ1) is 20.7. The van der Waals surface area contributed by atoms with Crippen molar-refractivity contribution in [1.82, 2.24) is 15.5 Å². The number of nitrogens with one attached hydrogen (secondary N) is 3. The van der Waals surface area contributed by atoms with Crippen LogP contribution in [0.3, 0.4) is 0 Å². The number of hydrogen-bond acceptors (Lipinski definition) is 5. The summed E-state index contributed by atoms with van der Waals surface area (Å²) >= 11 is 5.20. The minimum absolute atomic E-state index is 0.144. The second-order valence-electron chi connectivity index (χ2n) is 7.55. The summed E-state index contributed by atoms with van der Waals surface area (Å²) in [6, 6.07) is 11.7. The van der Waals surface area contributed by atoms with Gasteiger partial charge in [-0.1, -0.05) is 23.8 Å². The van der Waals surface area contributed by atoms with Crippen molar-refractivity contribution in [2.24, 2.45) is 0 Å². The number of nitrogens with zero attached hydrogens (tertiary/aromatic N) is 1. The lowest BCUT2D eigenvalue weighted by Gasteiger charge is -2.29. The highest BCUT2D eigenvalue weighted by molar-refractivity contribution is 7.80. The molecule has 3 N–H and O–H groups in total. The molecule has 2 aromatic rings. The minimum atomic E-state index is -0.693. The lowest BCUT2D eigenvalue weighted by atomic mass is 10.0. The van der Waals surface area contributed by atoms with Gasteiger partial charge in [0.2, 0.25) is 11.8 Å². The predicted octanol–water partition coefficient (Wildman–Crippen LogP) is 1.88. The largest absolute Gasteiger partial charge is 0.332 e. The molecule has 4 rings (SSSR count). The number of hydrogen-bond donors (Lipinski definition) is 3. The van der Waals surface area contributed by atoms with Crippen molar-refractivity contribution in [3.05, 3.63) is 64.7 Å². The molecule has 8 nitrogen and oxygen atoms in total. The van der Waals surface area contributed by atoms with Gasteiger partial charge in [-0.05, 0) is 55.4 Å². The number of imide groups is 1. The van der Waals surface area contributed by atoms with Gasteiger partial charge in [0.05, 0.1) is 0 Å². The number of carbonyl (C=O) groups excluding carboxylic acids is 4. The molecule has 2 heterocycles. The quantitative estimate of drug-likeness (QED) is 0.501. The number of anilines is 1. The Balaban J connectivity index is 1.44. The zero-order valence-corrected chi connectivity index (χ0v) is 17.5. The van der Waals surface area contributed by atoms with E-state index in [2.05, 4.69) is 16.0 Å². The van der Waals surface area contributed by atoms with Crippen LogP contribution < -0.4 is 16.0 Å². The highest BCUT2D eigenvalue weighted by Crippen LogP contribution is 2.28. The predicted molar refractivity (Wildman–Crippen MR) is 117 cm³/mol. The molecule has 4 amide bonds. The SMILES string of the molecule is Cc1ccc(NC(=S)NC(=O)c2ccc3c(c2)C(=O)N(C2CCC(=O)NC2=O)C3)cc1. The number of benzene rings is 2. The third-order valence-electron chi connectivity index (χ3n) is 5.33. The fraction of sp³-hybridized carbons (Fsp3) is 0.227. The monoisotopic (exact) mass is 436 g/mol. The average molecular weight is 436 g/mol. The molecule has 1 unspecified atom stereocenters. The summed E-state index contributed by atoms with van der Waals surface area (Å²) < 4.78 is 0. The van der Waals surface area contributed by atoms with Crippen LogP contribution in [0.4, 0.5) is 5.69 Å². The van der Waals surface area contributed by atoms with Gasteiger partial charge in [0.25, 0.3) is 11.8 Å². The summed E-state index contributed by atoms with van der Waals surface area (Å²) in [5.41, 5.74) is 3.24. The van der Waals surface area contributed by atoms with E-state index in [0.29, 0.717) is 5.56 Å². The second-order valence-corrected chi connectivity index (χ2v) is 7.95. The zero-order valence-electron chi connectivity index (χ0n) is 16.7. The maximum Gasteiger partial charge on any atom is 0.257 e. The zero-order chi connectivity index (χ0) is 22.1. The van der Waals surface area contributed by atoms with E-state index in [1.165, 1.54) is 11.0 Å². The molecule has 0 saturated carbocycles. The Kier molecular flexibility index (Phi) is 5.51. The van der Waals surface area contributed by atoms with Crippen LogP contribution in [-0.4, -0.2) is 39.7 Å². The van der Waals surface area contributed by atoms with Crippen molar-refractivity contribution in [3.63, 3.8) is 0 Å². The van der Waals surface area contributed by atoms with E-state index in [9.17, 15) is 19.2 Å². The second kappa shape index (κ2) is 8.27. The summed E-state index contributed by atoms with van der Waals surface area (Å²) in [7, 11) is 0. The summed E-state index contributed by atoms with van der Waals surface area (Å²) in [6.45, 7) is 2.23. The van der Waals surface area contributed by atoms with Crippen LogP contribution in [0.5, 0.6) is 0 Å². The molecule has 0 spiro atoms. The molecule has 158 valence electrons. The van der Waals surface area contributed by atoms with Gasteiger partial charge in [-0.2, -0.15) is 0 Å². The molecule has 0 aliphatic carbocycles. The number of aryl methyl sites for hydroxylation is 1. The highest BCUT2D eigenvalue weighted by atomic mass is 32.1. The Morgan fingerprint density at radius 3 is 2.58 bits per heavy atom. The molecule has 0 bridgehead atoms. The van der Waals surface area contributed by atoms with Crippen LogP contribution in [0.25, 0.3) is 0 Å². The molecule has 0 radical (unpaired) electrons. The van der Waals surface area contributed by atoms with Gasteiger partial charge in [-0.3, -0.25) is 29.8 Å². The maximum absolute atomic E-state index is 12.9. The maximum atomic E-state index is 12.9. The van der Waals surface area contributed by atoms with Gasteiger partial charge in [0.1, 0.15) is 6.04 Å². The van der Waals surface area contributed by atoms with E-state index in [4.69, 9.17) is 12.2 Å².